The second kappa shape index (κ2) is 5.08. The highest BCUT2D eigenvalue weighted by Crippen LogP contribution is 2.59. The van der Waals surface area contributed by atoms with Gasteiger partial charge in [-0.15, -0.1) is 5.10 Å². The molecular weight excluding hydrogens is 303 g/mol. The van der Waals surface area contributed by atoms with Gasteiger partial charge in [-0.3, -0.25) is 0 Å². The van der Waals surface area contributed by atoms with Gasteiger partial charge in [0.15, 0.2) is 11.6 Å². The van der Waals surface area contributed by atoms with Gasteiger partial charge in [-0.2, -0.15) is 4.98 Å². The minimum atomic E-state index is -0.319. The van der Waals surface area contributed by atoms with Crippen molar-refractivity contribution in [3.63, 3.8) is 0 Å². The summed E-state index contributed by atoms with van der Waals surface area (Å²) in [7, 11) is 0. The molecule has 0 unspecified atom stereocenters. The van der Waals surface area contributed by atoms with Crippen LogP contribution >= 0.6 is 11.6 Å². The van der Waals surface area contributed by atoms with E-state index in [1.165, 1.54) is 17.0 Å². The van der Waals surface area contributed by atoms with E-state index in [2.05, 4.69) is 29.2 Å². The first kappa shape index (κ1) is 14.2. The van der Waals surface area contributed by atoms with Gasteiger partial charge in [0.2, 0.25) is 5.28 Å². The van der Waals surface area contributed by atoms with Gasteiger partial charge in [0.1, 0.15) is 5.52 Å². The molecule has 5 atom stereocenters. The SMILES string of the molecule is CC[C@@H]1[C@H]2[C@@H](C)[C@H]2CC[C@H]1Nc1nc(Cl)nn2ccc(F)c12. The number of nitrogens with one attached hydrogen (secondary N) is 1. The second-order valence-corrected chi connectivity index (χ2v) is 7.02. The summed E-state index contributed by atoms with van der Waals surface area (Å²) in [5.74, 6) is 3.35. The lowest BCUT2D eigenvalue weighted by molar-refractivity contribution is 0.294. The van der Waals surface area contributed by atoms with Crippen molar-refractivity contribution >= 4 is 22.9 Å². The summed E-state index contributed by atoms with van der Waals surface area (Å²) >= 11 is 5.98. The van der Waals surface area contributed by atoms with E-state index in [0.717, 1.165) is 30.6 Å². The van der Waals surface area contributed by atoms with Crippen LogP contribution in [-0.4, -0.2) is 20.6 Å². The largest absolute Gasteiger partial charge is 0.365 e. The van der Waals surface area contributed by atoms with Crippen molar-refractivity contribution in [2.75, 3.05) is 5.32 Å². The van der Waals surface area contributed by atoms with Crippen LogP contribution in [0.1, 0.15) is 33.1 Å². The van der Waals surface area contributed by atoms with Crippen LogP contribution in [0.15, 0.2) is 12.3 Å². The second-order valence-electron chi connectivity index (χ2n) is 6.69. The van der Waals surface area contributed by atoms with Crippen LogP contribution in [0.25, 0.3) is 5.52 Å². The van der Waals surface area contributed by atoms with E-state index < -0.39 is 0 Å². The summed E-state index contributed by atoms with van der Waals surface area (Å²) < 4.78 is 15.5. The van der Waals surface area contributed by atoms with Gasteiger partial charge in [0.05, 0.1) is 0 Å². The Morgan fingerprint density at radius 3 is 3.05 bits per heavy atom. The standard InChI is InChI=1S/C16H20ClFN4/c1-3-9-12(5-4-10-8(2)13(9)10)19-15-14-11(18)6-7-22(14)21-16(17)20-15/h6-10,12-13H,3-5H2,1-2H3,(H,19,20,21)/t8-,9-,10+,12+,13+/m0/s1. The van der Waals surface area contributed by atoms with Crippen molar-refractivity contribution in [2.45, 2.75) is 39.2 Å². The molecule has 4 nitrogen and oxygen atoms in total. The van der Waals surface area contributed by atoms with Gasteiger partial charge in [-0.25, -0.2) is 8.91 Å². The van der Waals surface area contributed by atoms with Gasteiger partial charge in [0, 0.05) is 12.2 Å². The number of halogens is 2. The minimum absolute atomic E-state index is 0.132. The molecule has 2 aromatic heterocycles. The first-order chi connectivity index (χ1) is 10.6. The highest BCUT2D eigenvalue weighted by atomic mass is 35.5. The molecule has 0 saturated heterocycles. The van der Waals surface area contributed by atoms with Crippen LogP contribution in [0.5, 0.6) is 0 Å². The van der Waals surface area contributed by atoms with E-state index in [4.69, 9.17) is 11.6 Å². The van der Waals surface area contributed by atoms with Crippen LogP contribution in [0.4, 0.5) is 10.2 Å². The zero-order valence-electron chi connectivity index (χ0n) is 12.8. The molecule has 0 aromatic carbocycles. The highest BCUT2D eigenvalue weighted by molar-refractivity contribution is 6.28. The Kier molecular flexibility index (Phi) is 3.29. The lowest BCUT2D eigenvalue weighted by atomic mass is 9.82. The van der Waals surface area contributed by atoms with Gasteiger partial charge in [-0.1, -0.05) is 20.3 Å². The predicted octanol–water partition coefficient (Wildman–Crippen LogP) is 4.00. The third kappa shape index (κ3) is 2.09. The van der Waals surface area contributed by atoms with Crippen molar-refractivity contribution in [2.24, 2.45) is 23.7 Å². The van der Waals surface area contributed by atoms with Gasteiger partial charge in [-0.05, 0) is 54.2 Å². The fraction of sp³-hybridized carbons (Fsp3) is 0.625. The molecule has 6 heteroatoms. The van der Waals surface area contributed by atoms with E-state index in [0.29, 0.717) is 23.3 Å². The van der Waals surface area contributed by atoms with Crippen LogP contribution in [-0.2, 0) is 0 Å². The number of nitrogens with zero attached hydrogens (tertiary/aromatic N) is 3. The number of rotatable bonds is 3. The summed E-state index contributed by atoms with van der Waals surface area (Å²) in [5, 5.41) is 7.62. The zero-order valence-corrected chi connectivity index (χ0v) is 13.5. The maximum Gasteiger partial charge on any atom is 0.243 e. The van der Waals surface area contributed by atoms with E-state index in [1.807, 2.05) is 0 Å². The monoisotopic (exact) mass is 322 g/mol. The van der Waals surface area contributed by atoms with Gasteiger partial charge in [0.25, 0.3) is 0 Å². The third-order valence-electron chi connectivity index (χ3n) is 5.69. The number of aromatic nitrogens is 3. The molecule has 2 fully saturated rings. The molecule has 4 rings (SSSR count). The Balaban J connectivity index is 1.67. The fourth-order valence-electron chi connectivity index (χ4n) is 4.57. The maximum absolute atomic E-state index is 14.0. The van der Waals surface area contributed by atoms with Crippen molar-refractivity contribution in [3.8, 4) is 0 Å². The van der Waals surface area contributed by atoms with E-state index in [9.17, 15) is 4.39 Å². The van der Waals surface area contributed by atoms with Crippen LogP contribution in [0, 0.1) is 29.5 Å². The average molecular weight is 323 g/mol. The van der Waals surface area contributed by atoms with Crippen molar-refractivity contribution < 1.29 is 4.39 Å². The molecule has 0 bridgehead atoms. The maximum atomic E-state index is 14.0. The van der Waals surface area contributed by atoms with Gasteiger partial charge < -0.3 is 5.32 Å². The summed E-state index contributed by atoms with van der Waals surface area (Å²) in [6.45, 7) is 4.60. The average Bonchev–Trinajstić information content (AvgIpc) is 2.99. The molecular formula is C16H20ClFN4. The molecule has 0 aliphatic heterocycles. The Morgan fingerprint density at radius 2 is 2.27 bits per heavy atom. The Bertz CT molecular complexity index is 715. The lowest BCUT2D eigenvalue weighted by Crippen LogP contribution is -2.34. The van der Waals surface area contributed by atoms with Crippen molar-refractivity contribution in [3.05, 3.63) is 23.4 Å². The summed E-state index contributed by atoms with van der Waals surface area (Å²) in [6, 6.07) is 1.73. The molecule has 118 valence electrons. The molecule has 2 aliphatic rings. The molecule has 0 radical (unpaired) electrons. The van der Waals surface area contributed by atoms with E-state index >= 15 is 0 Å². The van der Waals surface area contributed by atoms with Crippen LogP contribution in [0.2, 0.25) is 5.28 Å². The number of hydrogen-bond acceptors (Lipinski definition) is 3. The molecule has 0 amide bonds. The van der Waals surface area contributed by atoms with E-state index in [1.54, 1.807) is 6.20 Å². The van der Waals surface area contributed by atoms with Crippen LogP contribution in [0.3, 0.4) is 0 Å². The molecule has 2 aromatic rings. The Labute approximate surface area is 134 Å². The molecule has 2 heterocycles. The molecule has 2 aliphatic carbocycles. The summed E-state index contributed by atoms with van der Waals surface area (Å²) in [6.07, 6.45) is 5.07. The quantitative estimate of drug-likeness (QED) is 0.928. The zero-order chi connectivity index (χ0) is 15.4. The number of fused-ring (bicyclic) bond motifs is 2. The normalized spacial score (nSPS) is 33.7. The topological polar surface area (TPSA) is 42.2 Å². The first-order valence-corrected chi connectivity index (χ1v) is 8.45. The minimum Gasteiger partial charge on any atom is -0.365 e. The molecule has 1 N–H and O–H groups in total. The number of anilines is 1. The molecule has 2 saturated carbocycles. The van der Waals surface area contributed by atoms with Gasteiger partial charge >= 0.3 is 0 Å². The Hall–Kier alpha value is -1.36. The fourth-order valence-corrected chi connectivity index (χ4v) is 4.74. The first-order valence-electron chi connectivity index (χ1n) is 8.07. The smallest absolute Gasteiger partial charge is 0.243 e. The summed E-state index contributed by atoms with van der Waals surface area (Å²) in [4.78, 5) is 4.24. The Morgan fingerprint density at radius 1 is 1.45 bits per heavy atom. The predicted molar refractivity (Wildman–Crippen MR) is 84.5 cm³/mol. The highest BCUT2D eigenvalue weighted by Gasteiger charge is 2.54. The molecule has 0 spiro atoms. The molecule has 22 heavy (non-hydrogen) atoms. The third-order valence-corrected chi connectivity index (χ3v) is 5.85. The van der Waals surface area contributed by atoms with E-state index in [-0.39, 0.29) is 11.1 Å². The lowest BCUT2D eigenvalue weighted by Gasteiger charge is -2.32. The summed E-state index contributed by atoms with van der Waals surface area (Å²) in [5.41, 5.74) is 0.380. The van der Waals surface area contributed by atoms with Crippen LogP contribution < -0.4 is 5.32 Å². The van der Waals surface area contributed by atoms with Crippen molar-refractivity contribution in [1.82, 2.24) is 14.6 Å². The number of hydrogen-bond donors (Lipinski definition) is 1. The van der Waals surface area contributed by atoms with Crippen molar-refractivity contribution in [1.29, 1.82) is 0 Å².